The topological polar surface area (TPSA) is 69.6 Å². The van der Waals surface area contributed by atoms with Gasteiger partial charge in [0, 0.05) is 11.5 Å². The Balaban J connectivity index is 3.01. The zero-order chi connectivity index (χ0) is 13.7. The average Bonchev–Trinajstić information content (AvgIpc) is 2.31. The van der Waals surface area contributed by atoms with Crippen molar-refractivity contribution < 1.29 is 14.7 Å². The van der Waals surface area contributed by atoms with E-state index in [0.29, 0.717) is 4.47 Å². The number of halogens is 1. The Kier molecular flexibility index (Phi) is 4.75. The number of para-hydroxylation sites is 1. The van der Waals surface area contributed by atoms with E-state index in [4.69, 9.17) is 11.5 Å². The van der Waals surface area contributed by atoms with Crippen LogP contribution in [0.25, 0.3) is 0 Å². The second kappa shape index (κ2) is 6.07. The van der Waals surface area contributed by atoms with Gasteiger partial charge < -0.3 is 15.3 Å². The highest BCUT2D eigenvalue weighted by Gasteiger charge is 2.16. The van der Waals surface area contributed by atoms with Crippen molar-refractivity contribution in [1.82, 2.24) is 4.90 Å². The van der Waals surface area contributed by atoms with E-state index in [0.717, 1.165) is 0 Å². The molecule has 0 aromatic heterocycles. The first-order valence-corrected chi connectivity index (χ1v) is 5.74. The minimum Gasteiger partial charge on any atom is -0.478 e. The maximum Gasteiger partial charge on any atom is 0.337 e. The van der Waals surface area contributed by atoms with E-state index in [-0.39, 0.29) is 17.8 Å². The Labute approximate surface area is 113 Å². The first-order chi connectivity index (χ1) is 8.47. The molecule has 0 aliphatic rings. The molecule has 94 valence electrons. The van der Waals surface area contributed by atoms with Crippen molar-refractivity contribution in [1.29, 1.82) is 0 Å². The van der Waals surface area contributed by atoms with Gasteiger partial charge in [-0.15, -0.1) is 6.42 Å². The molecule has 2 amide bonds. The third-order valence-electron chi connectivity index (χ3n) is 2.15. The Morgan fingerprint density at radius 3 is 2.78 bits per heavy atom. The van der Waals surface area contributed by atoms with Gasteiger partial charge in [-0.3, -0.25) is 0 Å². The van der Waals surface area contributed by atoms with Crippen LogP contribution < -0.4 is 5.32 Å². The van der Waals surface area contributed by atoms with Crippen LogP contribution in [-0.4, -0.2) is 35.6 Å². The summed E-state index contributed by atoms with van der Waals surface area (Å²) in [6, 6.07) is 4.16. The number of hydrogen-bond donors (Lipinski definition) is 2. The number of urea groups is 1. The predicted molar refractivity (Wildman–Crippen MR) is 71.6 cm³/mol. The second-order valence-corrected chi connectivity index (χ2v) is 4.31. The van der Waals surface area contributed by atoms with Crippen LogP contribution in [0, 0.1) is 12.3 Å². The van der Waals surface area contributed by atoms with Gasteiger partial charge in [0.15, 0.2) is 0 Å². The monoisotopic (exact) mass is 310 g/mol. The molecule has 0 saturated heterocycles. The fourth-order valence-electron chi connectivity index (χ4n) is 1.24. The molecule has 0 spiro atoms. The van der Waals surface area contributed by atoms with E-state index in [1.54, 1.807) is 12.1 Å². The molecule has 5 nitrogen and oxygen atoms in total. The van der Waals surface area contributed by atoms with Crippen molar-refractivity contribution in [3.63, 3.8) is 0 Å². The zero-order valence-corrected chi connectivity index (χ0v) is 11.2. The van der Waals surface area contributed by atoms with Crippen molar-refractivity contribution in [3.05, 3.63) is 28.2 Å². The molecule has 2 N–H and O–H groups in total. The number of anilines is 1. The summed E-state index contributed by atoms with van der Waals surface area (Å²) in [6.45, 7) is 0.138. The molecule has 6 heteroatoms. The van der Waals surface area contributed by atoms with Gasteiger partial charge >= 0.3 is 12.0 Å². The van der Waals surface area contributed by atoms with Crippen LogP contribution in [0.15, 0.2) is 22.7 Å². The molecular formula is C12H11BrN2O3. The number of carboxylic acids is 1. The van der Waals surface area contributed by atoms with Gasteiger partial charge in [0.05, 0.1) is 17.8 Å². The van der Waals surface area contributed by atoms with Crippen LogP contribution in [0.3, 0.4) is 0 Å². The van der Waals surface area contributed by atoms with Crippen LogP contribution >= 0.6 is 15.9 Å². The number of rotatable bonds is 3. The number of aromatic carboxylic acids is 1. The summed E-state index contributed by atoms with van der Waals surface area (Å²) in [6.07, 6.45) is 5.09. The summed E-state index contributed by atoms with van der Waals surface area (Å²) in [5.74, 6) is 1.20. The van der Waals surface area contributed by atoms with E-state index < -0.39 is 12.0 Å². The number of nitrogens with one attached hydrogen (secondary N) is 1. The van der Waals surface area contributed by atoms with Crippen LogP contribution in [0.4, 0.5) is 10.5 Å². The van der Waals surface area contributed by atoms with Gasteiger partial charge in [-0.25, -0.2) is 9.59 Å². The molecule has 0 aliphatic carbocycles. The van der Waals surface area contributed by atoms with E-state index in [2.05, 4.69) is 27.2 Å². The Bertz CT molecular complexity index is 523. The first-order valence-electron chi connectivity index (χ1n) is 4.94. The lowest BCUT2D eigenvalue weighted by Crippen LogP contribution is -2.32. The quantitative estimate of drug-likeness (QED) is 0.841. The third kappa shape index (κ3) is 3.25. The SMILES string of the molecule is C#CCN(C)C(=O)Nc1c(Br)cccc1C(=O)O. The number of nitrogens with zero attached hydrogens (tertiary/aromatic N) is 1. The number of carbonyl (C=O) groups is 2. The second-order valence-electron chi connectivity index (χ2n) is 3.46. The van der Waals surface area contributed by atoms with Gasteiger partial charge in [0.25, 0.3) is 0 Å². The Hall–Kier alpha value is -2.00. The highest BCUT2D eigenvalue weighted by Crippen LogP contribution is 2.26. The van der Waals surface area contributed by atoms with Gasteiger partial charge in [0.1, 0.15) is 0 Å². The number of amides is 2. The van der Waals surface area contributed by atoms with Crippen LogP contribution in [0.1, 0.15) is 10.4 Å². The van der Waals surface area contributed by atoms with Crippen LogP contribution in [-0.2, 0) is 0 Å². The predicted octanol–water partition coefficient (Wildman–Crippen LogP) is 2.24. The largest absolute Gasteiger partial charge is 0.478 e. The van der Waals surface area contributed by atoms with Gasteiger partial charge in [0.2, 0.25) is 0 Å². The van der Waals surface area contributed by atoms with Crippen molar-refractivity contribution in [2.75, 3.05) is 18.9 Å². The summed E-state index contributed by atoms with van der Waals surface area (Å²) in [4.78, 5) is 24.0. The van der Waals surface area contributed by atoms with E-state index in [9.17, 15) is 9.59 Å². The molecule has 0 fully saturated rings. The van der Waals surface area contributed by atoms with Gasteiger partial charge in [-0.1, -0.05) is 12.0 Å². The Morgan fingerprint density at radius 2 is 2.22 bits per heavy atom. The lowest BCUT2D eigenvalue weighted by atomic mass is 10.2. The summed E-state index contributed by atoms with van der Waals surface area (Å²) in [7, 11) is 1.52. The number of carboxylic acid groups (broad SMARTS) is 1. The third-order valence-corrected chi connectivity index (χ3v) is 2.81. The lowest BCUT2D eigenvalue weighted by Gasteiger charge is -2.17. The number of hydrogen-bond acceptors (Lipinski definition) is 2. The molecule has 1 aromatic carbocycles. The maximum absolute atomic E-state index is 11.7. The number of carbonyl (C=O) groups excluding carboxylic acids is 1. The average molecular weight is 311 g/mol. The Morgan fingerprint density at radius 1 is 1.56 bits per heavy atom. The van der Waals surface area contributed by atoms with Crippen molar-refractivity contribution in [2.24, 2.45) is 0 Å². The van der Waals surface area contributed by atoms with Gasteiger partial charge in [-0.05, 0) is 28.1 Å². The minimum absolute atomic E-state index is 0.00633. The maximum atomic E-state index is 11.7. The van der Waals surface area contributed by atoms with Crippen LogP contribution in [0.5, 0.6) is 0 Å². The van der Waals surface area contributed by atoms with Crippen molar-refractivity contribution in [2.45, 2.75) is 0 Å². The van der Waals surface area contributed by atoms with E-state index >= 15 is 0 Å². The molecule has 1 rings (SSSR count). The van der Waals surface area contributed by atoms with Gasteiger partial charge in [-0.2, -0.15) is 0 Å². The highest BCUT2D eigenvalue weighted by molar-refractivity contribution is 9.10. The summed E-state index contributed by atoms with van der Waals surface area (Å²) in [5.41, 5.74) is 0.214. The number of terminal acetylenes is 1. The molecule has 1 aromatic rings. The van der Waals surface area contributed by atoms with Crippen LogP contribution in [0.2, 0.25) is 0 Å². The smallest absolute Gasteiger partial charge is 0.337 e. The minimum atomic E-state index is -1.12. The molecule has 0 aliphatic heterocycles. The molecule has 0 radical (unpaired) electrons. The fourth-order valence-corrected chi connectivity index (χ4v) is 1.71. The lowest BCUT2D eigenvalue weighted by molar-refractivity contribution is 0.0698. The molecule has 0 heterocycles. The van der Waals surface area contributed by atoms with E-state index in [1.165, 1.54) is 18.0 Å². The fraction of sp³-hybridized carbons (Fsp3) is 0.167. The molecule has 0 bridgehead atoms. The molecule has 18 heavy (non-hydrogen) atoms. The zero-order valence-electron chi connectivity index (χ0n) is 9.61. The summed E-state index contributed by atoms with van der Waals surface area (Å²) >= 11 is 3.20. The molecule has 0 saturated carbocycles. The summed E-state index contributed by atoms with van der Waals surface area (Å²) < 4.78 is 0.491. The highest BCUT2D eigenvalue weighted by atomic mass is 79.9. The number of benzene rings is 1. The normalized spacial score (nSPS) is 9.39. The standard InChI is InChI=1S/C12H11BrN2O3/c1-3-7-15(2)12(18)14-10-8(11(16)17)5-4-6-9(10)13/h1,4-6H,7H2,2H3,(H,14,18)(H,16,17). The molecule has 0 unspecified atom stereocenters. The summed E-state index contributed by atoms with van der Waals surface area (Å²) in [5, 5.41) is 11.5. The van der Waals surface area contributed by atoms with Crippen molar-refractivity contribution >= 4 is 33.6 Å². The first kappa shape index (κ1) is 14.1. The molecule has 0 atom stereocenters. The molecular weight excluding hydrogens is 300 g/mol. The van der Waals surface area contributed by atoms with E-state index in [1.807, 2.05) is 0 Å². The van der Waals surface area contributed by atoms with Crippen molar-refractivity contribution in [3.8, 4) is 12.3 Å².